The molecule has 20 rings (SSSR count). The quantitative estimate of drug-likeness (QED) is 0.0411. The van der Waals surface area contributed by atoms with Gasteiger partial charge in [0.25, 0.3) is 0 Å². The summed E-state index contributed by atoms with van der Waals surface area (Å²) in [5.74, 6) is 11.5. The van der Waals surface area contributed by atoms with Crippen LogP contribution >= 0.6 is 11.6 Å². The fraction of sp³-hybridized carbons (Fsp3) is 0.370. The minimum Gasteiger partial charge on any atom is -0.385 e. The lowest BCUT2D eigenvalue weighted by Gasteiger charge is -2.20. The lowest BCUT2D eigenvalue weighted by Crippen LogP contribution is -2.30. The minimum atomic E-state index is -0.955. The van der Waals surface area contributed by atoms with Gasteiger partial charge in [-0.15, -0.1) is 19.3 Å². The summed E-state index contributed by atoms with van der Waals surface area (Å²) in [7, 11) is 0. The van der Waals surface area contributed by atoms with Crippen LogP contribution in [0.15, 0.2) is 207 Å². The normalized spacial score (nSPS) is 25.6. The number of carbonyl (C=O) groups is 4. The molecule has 19 heteroatoms. The van der Waals surface area contributed by atoms with Gasteiger partial charge in [0, 0.05) is 99.8 Å². The van der Waals surface area contributed by atoms with Gasteiger partial charge in [0.2, 0.25) is 0 Å². The van der Waals surface area contributed by atoms with Crippen molar-refractivity contribution < 1.29 is 57.2 Å². The van der Waals surface area contributed by atoms with Crippen molar-refractivity contribution in [2.24, 2.45) is 71.0 Å². The number of halogens is 5. The zero-order valence-corrected chi connectivity index (χ0v) is 71.3. The Bertz CT molecular complexity index is 5710. The third-order valence-electron chi connectivity index (χ3n) is 29.5. The highest BCUT2D eigenvalue weighted by atomic mass is 35.5. The summed E-state index contributed by atoms with van der Waals surface area (Å²) in [5.41, 5.74) is 13.1. The maximum Gasteiger partial charge on any atom is 0.167 e. The van der Waals surface area contributed by atoms with E-state index in [1.807, 2.05) is 73.1 Å². The lowest BCUT2D eigenvalue weighted by molar-refractivity contribution is -0.129. The number of ketones is 4. The Kier molecular flexibility index (Phi) is 26.6. The van der Waals surface area contributed by atoms with Crippen LogP contribution in [-0.4, -0.2) is 97.9 Å². The van der Waals surface area contributed by atoms with Crippen molar-refractivity contribution in [2.45, 2.75) is 177 Å². The first kappa shape index (κ1) is 87.5. The molecular weight excluding hydrogens is 1620 g/mol. The van der Waals surface area contributed by atoms with Gasteiger partial charge < -0.3 is 20.4 Å². The SMILES string of the molecule is C#Cc1ccc(CC(=O)C(O)C2C[C@H]3CC(c4ccnc5ccc(F)cc45)C[C@H]3C2)cc1.C#Cc1ccc(CC(=O)C(O)C2C[C@H]3CC(c4ccnc5ccc(F)cc45)C[C@H]3C2)cn1.C#Cc1ccc(CC(=O)C(O)C2C[C@H]3CC(c4ccnc5ccc(F)cc45)C[C@H]3C2)nc1.O=C(Cc1ccc(Cl)cc1)C(O)C1C[C@H]2CC(c3ccnc4ccc(F)cc34)C[C@H]2C1. The molecule has 6 aromatic heterocycles. The average Bonchev–Trinajstić information content (AvgIpc) is 1.66. The second kappa shape index (κ2) is 38.6. The Labute approximate surface area is 742 Å². The largest absolute Gasteiger partial charge is 0.385 e. The van der Waals surface area contributed by atoms with Gasteiger partial charge in [-0.05, 0) is 376 Å². The van der Waals surface area contributed by atoms with Crippen LogP contribution < -0.4 is 0 Å². The first-order chi connectivity index (χ1) is 61.5. The Balaban J connectivity index is 0.000000119. The highest BCUT2D eigenvalue weighted by molar-refractivity contribution is 6.30. The van der Waals surface area contributed by atoms with Crippen molar-refractivity contribution in [3.63, 3.8) is 0 Å². The number of hydrogen-bond acceptors (Lipinski definition) is 14. The molecular formula is C108H101ClF4N6O8. The van der Waals surface area contributed by atoms with Gasteiger partial charge in [-0.3, -0.25) is 44.1 Å². The summed E-state index contributed by atoms with van der Waals surface area (Å²) in [6, 6.07) is 48.8. The second-order valence-electron chi connectivity index (χ2n) is 37.1. The van der Waals surface area contributed by atoms with Crippen molar-refractivity contribution in [3.05, 3.63) is 297 Å². The molecule has 0 saturated heterocycles. The zero-order chi connectivity index (χ0) is 88.3. The Morgan fingerprint density at radius 1 is 0.323 bits per heavy atom. The highest BCUT2D eigenvalue weighted by Gasteiger charge is 2.50. The Morgan fingerprint density at radius 3 is 0.898 bits per heavy atom. The number of nitrogens with zero attached hydrogens (tertiary/aromatic N) is 6. The molecule has 127 heavy (non-hydrogen) atoms. The Morgan fingerprint density at radius 2 is 0.614 bits per heavy atom. The van der Waals surface area contributed by atoms with E-state index in [0.717, 1.165) is 169 Å². The fourth-order valence-electron chi connectivity index (χ4n) is 23.5. The summed E-state index contributed by atoms with van der Waals surface area (Å²) in [6.07, 6.45) is 38.6. The number of pyridine rings is 6. The van der Waals surface area contributed by atoms with Crippen LogP contribution in [-0.2, 0) is 44.9 Å². The molecule has 12 unspecified atom stereocenters. The van der Waals surface area contributed by atoms with E-state index in [4.69, 9.17) is 30.9 Å². The van der Waals surface area contributed by atoms with Crippen LogP contribution in [0.25, 0.3) is 43.6 Å². The van der Waals surface area contributed by atoms with Crippen molar-refractivity contribution in [3.8, 4) is 37.0 Å². The van der Waals surface area contributed by atoms with Gasteiger partial charge in [-0.25, -0.2) is 22.5 Å². The molecule has 0 bridgehead atoms. The number of aliphatic hydroxyl groups excluding tert-OH is 4. The minimum absolute atomic E-state index is 0.00280. The summed E-state index contributed by atoms with van der Waals surface area (Å²) in [6.45, 7) is 0. The van der Waals surface area contributed by atoms with E-state index in [-0.39, 0.29) is 95.8 Å². The Hall–Kier alpha value is -11.5. The van der Waals surface area contributed by atoms with E-state index in [1.54, 1.807) is 110 Å². The number of Topliss-reactive ketones (excluding diaryl/α,β-unsaturated/α-hetero) is 4. The molecule has 0 spiro atoms. The standard InChI is InChI=1S/C28H26FNO2.2C27H25FN2O2.C26H25ClFNO2/c1-2-17-3-5-18(6-4-17)11-27(31)28(32)22-14-19-12-21(13-20(19)15-22)24-9-10-30-26-8-7-23(29)16-25(24)26;1-2-22-5-3-16(15-30-22)9-26(31)27(32)20-12-17-10-19(11-18(17)13-20)23-7-8-29-25-6-4-21(28)14-24(23)25;1-2-16-3-5-22(30-15-16)14-26(31)27(32)20-11-17-9-19(10-18(17)12-20)23-7-8-29-25-6-4-21(28)13-24(23)25;27-20-3-1-15(2-4-20)9-25(30)26(31)19-12-16-10-18(11-17(16)13-19)22-7-8-29-24-6-5-21(28)14-23(22)24/h1,3-10,16,19-22,28,32H,11-15H2;1,3-8,14-15,17-20,27,32H,9-13H2;1,3-8,13,15,17-20,27,32H,9-12,14H2;1-8,14,16-19,26,31H,9-13H2/t19-,20+,21?,22?,28?;2*17-,18+,19?,20?,27?;16-,17+,18?,19?,26?. The third kappa shape index (κ3) is 19.8. The van der Waals surface area contributed by atoms with E-state index in [1.165, 1.54) is 46.5 Å². The molecule has 0 aliphatic heterocycles. The molecule has 0 amide bonds. The van der Waals surface area contributed by atoms with Gasteiger partial charge in [0.15, 0.2) is 23.1 Å². The number of carbonyl (C=O) groups excluding carboxylic acids is 4. The van der Waals surface area contributed by atoms with Crippen LogP contribution in [0.1, 0.15) is 188 Å². The zero-order valence-electron chi connectivity index (χ0n) is 70.5. The fourth-order valence-corrected chi connectivity index (χ4v) is 23.6. The molecule has 0 radical (unpaired) electrons. The van der Waals surface area contributed by atoms with Crippen LogP contribution in [0.3, 0.4) is 0 Å². The molecule has 6 heterocycles. The third-order valence-corrected chi connectivity index (χ3v) is 29.8. The number of benzene rings is 6. The van der Waals surface area contributed by atoms with E-state index in [2.05, 4.69) is 47.7 Å². The topological polar surface area (TPSA) is 227 Å². The summed E-state index contributed by atoms with van der Waals surface area (Å²) >= 11 is 5.91. The lowest BCUT2D eigenvalue weighted by atomic mass is 9.87. The molecule has 8 aliphatic carbocycles. The smallest absolute Gasteiger partial charge is 0.167 e. The first-order valence-electron chi connectivity index (χ1n) is 44.7. The highest BCUT2D eigenvalue weighted by Crippen LogP contribution is 2.58. The van der Waals surface area contributed by atoms with E-state index >= 15 is 0 Å². The van der Waals surface area contributed by atoms with Gasteiger partial charge in [0.05, 0.1) is 28.5 Å². The number of terminal acetylenes is 3. The van der Waals surface area contributed by atoms with Crippen molar-refractivity contribution in [2.75, 3.05) is 0 Å². The molecule has 14 nitrogen and oxygen atoms in total. The van der Waals surface area contributed by atoms with Crippen molar-refractivity contribution >= 4 is 78.3 Å². The number of fused-ring (bicyclic) bond motifs is 8. The number of rotatable bonds is 20. The predicted octanol–water partition coefficient (Wildman–Crippen LogP) is 19.7. The van der Waals surface area contributed by atoms with Crippen molar-refractivity contribution in [1.82, 2.24) is 29.9 Å². The molecule has 8 fully saturated rings. The number of hydrogen-bond donors (Lipinski definition) is 4. The van der Waals surface area contributed by atoms with Gasteiger partial charge in [-0.2, -0.15) is 0 Å². The van der Waals surface area contributed by atoms with Crippen molar-refractivity contribution in [1.29, 1.82) is 0 Å². The maximum atomic E-state index is 13.8. The first-order valence-corrected chi connectivity index (χ1v) is 45.0. The van der Waals surface area contributed by atoms with E-state index < -0.39 is 24.4 Å². The molecule has 4 N–H and O–H groups in total. The summed E-state index contributed by atoms with van der Waals surface area (Å²) in [5, 5.41) is 47.2. The van der Waals surface area contributed by atoms with Gasteiger partial charge in [0.1, 0.15) is 53.4 Å². The number of aromatic nitrogens is 6. The molecule has 6 aromatic carbocycles. The predicted molar refractivity (Wildman–Crippen MR) is 483 cm³/mol. The molecule has 646 valence electrons. The van der Waals surface area contributed by atoms with Crippen LogP contribution in [0.4, 0.5) is 17.6 Å². The maximum absolute atomic E-state index is 13.8. The van der Waals surface area contributed by atoms with Crippen LogP contribution in [0.2, 0.25) is 5.02 Å². The van der Waals surface area contributed by atoms with Crippen LogP contribution in [0, 0.1) is 131 Å². The molecule has 8 aliphatic rings. The van der Waals surface area contributed by atoms with E-state index in [0.29, 0.717) is 93.0 Å². The molecule has 20 atom stereocenters. The van der Waals surface area contributed by atoms with E-state index in [9.17, 15) is 57.2 Å². The number of aliphatic hydroxyl groups is 4. The van der Waals surface area contributed by atoms with Gasteiger partial charge in [-0.1, -0.05) is 59.7 Å². The van der Waals surface area contributed by atoms with Gasteiger partial charge >= 0.3 is 0 Å². The van der Waals surface area contributed by atoms with Crippen LogP contribution in [0.5, 0.6) is 0 Å². The second-order valence-corrected chi connectivity index (χ2v) is 37.6. The summed E-state index contributed by atoms with van der Waals surface area (Å²) < 4.78 is 55.4. The molecule has 8 saturated carbocycles. The molecule has 12 aromatic rings. The summed E-state index contributed by atoms with van der Waals surface area (Å²) in [4.78, 5) is 76.5. The monoisotopic (exact) mass is 1720 g/mol. The average molecular weight is 1720 g/mol.